The van der Waals surface area contributed by atoms with Gasteiger partial charge >= 0.3 is 5.97 Å². The largest absolute Gasteiger partial charge is 0.496 e. The van der Waals surface area contributed by atoms with Crippen LogP contribution in [0.4, 0.5) is 5.69 Å². The first-order valence-electron chi connectivity index (χ1n) is 13.1. The van der Waals surface area contributed by atoms with Crippen LogP contribution in [0.1, 0.15) is 18.4 Å². The Kier molecular flexibility index (Phi) is 11.3. The number of nitrogens with one attached hydrogen (secondary N) is 1. The van der Waals surface area contributed by atoms with Crippen LogP contribution in [0.15, 0.2) is 70.1 Å². The number of halogens is 1. The summed E-state index contributed by atoms with van der Waals surface area (Å²) in [6, 6.07) is 14.0. The maximum absolute atomic E-state index is 12.4. The zero-order chi connectivity index (χ0) is 30.8. The Morgan fingerprint density at radius 1 is 0.953 bits per heavy atom. The van der Waals surface area contributed by atoms with Crippen molar-refractivity contribution < 1.29 is 42.5 Å². The van der Waals surface area contributed by atoms with Crippen LogP contribution in [0.3, 0.4) is 0 Å². The van der Waals surface area contributed by atoms with Gasteiger partial charge in [0.2, 0.25) is 29.1 Å². The van der Waals surface area contributed by atoms with Crippen LogP contribution in [0.25, 0.3) is 11.0 Å². The van der Waals surface area contributed by atoms with E-state index in [0.717, 1.165) is 17.5 Å². The lowest BCUT2D eigenvalue weighted by Gasteiger charge is -2.12. The molecule has 2 aromatic carbocycles. The predicted molar refractivity (Wildman–Crippen MR) is 159 cm³/mol. The molecule has 0 atom stereocenters. The molecule has 0 saturated heterocycles. The summed E-state index contributed by atoms with van der Waals surface area (Å²) in [6.07, 6.45) is 0.685. The van der Waals surface area contributed by atoms with Crippen molar-refractivity contribution in [2.24, 2.45) is 4.99 Å². The number of esters is 1. The average molecular weight is 627 g/mol. The number of amides is 1. The Morgan fingerprint density at radius 2 is 1.67 bits per heavy atom. The molecule has 13 heteroatoms. The van der Waals surface area contributed by atoms with Crippen LogP contribution in [0.5, 0.6) is 5.75 Å². The number of fused-ring (bicyclic) bond motifs is 1. The van der Waals surface area contributed by atoms with Crippen molar-refractivity contribution in [1.82, 2.24) is 5.32 Å². The van der Waals surface area contributed by atoms with Crippen LogP contribution >= 0.6 is 23.8 Å². The fourth-order valence-corrected chi connectivity index (χ4v) is 4.32. The Hall–Kier alpha value is -4.23. The third-order valence-corrected chi connectivity index (χ3v) is 6.54. The topological polar surface area (TPSA) is 143 Å². The molecule has 0 aliphatic heterocycles. The third kappa shape index (κ3) is 9.13. The number of ether oxygens (including phenoxy) is 4. The normalized spacial score (nSPS) is 13.5. The summed E-state index contributed by atoms with van der Waals surface area (Å²) in [6.45, 7) is 0.484. The van der Waals surface area contributed by atoms with Gasteiger partial charge in [0, 0.05) is 16.5 Å². The standard InChI is InChI=1S/C30H27ClN2O9S/c1-38-25-8-4-20(32-27-9-2-18-16-19(31)3-7-24(18)41-27)17-21(25)30(43)33-26(36)10-12-39-14-15-40-13-11-28(37)42-29-22(34)5-6-23(29)35/h2-9,16-17,29H,10-15H2,1H3,(H,33,36,43). The Balaban J connectivity index is 1.19. The lowest BCUT2D eigenvalue weighted by Crippen LogP contribution is -2.30. The highest BCUT2D eigenvalue weighted by molar-refractivity contribution is 7.80. The maximum Gasteiger partial charge on any atom is 0.309 e. The van der Waals surface area contributed by atoms with E-state index in [4.69, 9.17) is 47.2 Å². The van der Waals surface area contributed by atoms with Crippen LogP contribution < -0.4 is 15.6 Å². The highest BCUT2D eigenvalue weighted by Crippen LogP contribution is 2.25. The average Bonchev–Trinajstić information content (AvgIpc) is 3.30. The molecule has 0 spiro atoms. The van der Waals surface area contributed by atoms with Gasteiger partial charge < -0.3 is 28.7 Å². The van der Waals surface area contributed by atoms with E-state index in [-0.39, 0.29) is 50.2 Å². The summed E-state index contributed by atoms with van der Waals surface area (Å²) in [4.78, 5) is 51.8. The minimum atomic E-state index is -1.39. The molecule has 0 saturated carbocycles. The van der Waals surface area contributed by atoms with Gasteiger partial charge in [-0.05, 0) is 54.6 Å². The van der Waals surface area contributed by atoms with Gasteiger partial charge in [-0.25, -0.2) is 4.99 Å². The molecular formula is C30H27ClN2O9S. The van der Waals surface area contributed by atoms with Gasteiger partial charge in [0.1, 0.15) is 16.3 Å². The van der Waals surface area contributed by atoms with E-state index in [1.807, 2.05) is 6.07 Å². The molecule has 1 amide bonds. The quantitative estimate of drug-likeness (QED) is 0.129. The second kappa shape index (κ2) is 15.3. The molecule has 1 heterocycles. The Labute approximate surface area is 256 Å². The molecule has 3 aromatic rings. The van der Waals surface area contributed by atoms with Crippen LogP contribution in [0, 0.1) is 0 Å². The SMILES string of the molecule is COc1ccc(N=c2ccc3cc(Cl)ccc3o2)cc1C(=S)NC(=O)CCOCCOCCC(=O)OC1C(=O)C=CC1=O. The lowest BCUT2D eigenvalue weighted by molar-refractivity contribution is -0.157. The van der Waals surface area contributed by atoms with Gasteiger partial charge in [-0.2, -0.15) is 0 Å². The number of hydrogen-bond donors (Lipinski definition) is 1. The molecule has 1 aliphatic rings. The van der Waals surface area contributed by atoms with E-state index in [1.54, 1.807) is 42.5 Å². The summed E-state index contributed by atoms with van der Waals surface area (Å²) in [5.41, 5.74) is 2.02. The molecule has 0 fully saturated rings. The smallest absolute Gasteiger partial charge is 0.309 e. The predicted octanol–water partition coefficient (Wildman–Crippen LogP) is 3.55. The molecule has 224 valence electrons. The van der Waals surface area contributed by atoms with Crippen molar-refractivity contribution in [1.29, 1.82) is 0 Å². The summed E-state index contributed by atoms with van der Waals surface area (Å²) in [5.74, 6) is -1.72. The van der Waals surface area contributed by atoms with E-state index in [9.17, 15) is 19.2 Å². The van der Waals surface area contributed by atoms with E-state index in [1.165, 1.54) is 7.11 Å². The van der Waals surface area contributed by atoms with Crippen molar-refractivity contribution in [2.75, 3.05) is 33.5 Å². The second-order valence-electron chi connectivity index (χ2n) is 9.06. The van der Waals surface area contributed by atoms with Crippen molar-refractivity contribution in [3.8, 4) is 5.75 Å². The molecule has 0 radical (unpaired) electrons. The first-order valence-corrected chi connectivity index (χ1v) is 13.9. The Morgan fingerprint density at radius 3 is 2.40 bits per heavy atom. The molecule has 1 N–H and O–H groups in total. The van der Waals surface area contributed by atoms with Crippen LogP contribution in [0.2, 0.25) is 5.02 Å². The number of carbonyl (C=O) groups excluding carboxylic acids is 4. The summed E-state index contributed by atoms with van der Waals surface area (Å²) < 4.78 is 26.8. The number of nitrogens with zero attached hydrogens (tertiary/aromatic N) is 1. The van der Waals surface area contributed by atoms with Crippen molar-refractivity contribution in [3.63, 3.8) is 0 Å². The number of ketones is 2. The Bertz CT molecular complexity index is 1630. The zero-order valence-corrected chi connectivity index (χ0v) is 24.6. The number of hydrogen-bond acceptors (Lipinski definition) is 11. The zero-order valence-electron chi connectivity index (χ0n) is 23.0. The minimum absolute atomic E-state index is 0.0243. The minimum Gasteiger partial charge on any atom is -0.496 e. The summed E-state index contributed by atoms with van der Waals surface area (Å²) in [5, 5.41) is 4.12. The summed E-state index contributed by atoms with van der Waals surface area (Å²) >= 11 is 11.5. The van der Waals surface area contributed by atoms with Gasteiger partial charge in [0.05, 0.1) is 57.6 Å². The highest BCUT2D eigenvalue weighted by Gasteiger charge is 2.31. The van der Waals surface area contributed by atoms with Crippen molar-refractivity contribution >= 4 is 68.9 Å². The van der Waals surface area contributed by atoms with Crippen molar-refractivity contribution in [2.45, 2.75) is 18.9 Å². The number of thiocarbonyl (C=S) groups is 1. The molecule has 0 bridgehead atoms. The first kappa shape index (κ1) is 31.7. The number of methoxy groups -OCH3 is 1. The summed E-state index contributed by atoms with van der Waals surface area (Å²) in [7, 11) is 1.50. The highest BCUT2D eigenvalue weighted by atomic mass is 35.5. The van der Waals surface area contributed by atoms with Gasteiger partial charge in [-0.15, -0.1) is 0 Å². The number of carbonyl (C=O) groups is 4. The fourth-order valence-electron chi connectivity index (χ4n) is 3.87. The monoisotopic (exact) mass is 626 g/mol. The molecule has 0 unspecified atom stereocenters. The molecule has 11 nitrogen and oxygen atoms in total. The fraction of sp³-hybridized carbons (Fsp3) is 0.267. The van der Waals surface area contributed by atoms with Crippen molar-refractivity contribution in [3.05, 3.63) is 76.8 Å². The number of rotatable bonds is 13. The number of benzene rings is 2. The maximum atomic E-state index is 12.4. The van der Waals surface area contributed by atoms with E-state index in [2.05, 4.69) is 10.3 Å². The first-order chi connectivity index (χ1) is 20.7. The van der Waals surface area contributed by atoms with Gasteiger partial charge in [-0.1, -0.05) is 23.8 Å². The molecular weight excluding hydrogens is 600 g/mol. The van der Waals surface area contributed by atoms with Gasteiger partial charge in [-0.3, -0.25) is 19.2 Å². The van der Waals surface area contributed by atoms with Gasteiger partial charge in [0.15, 0.2) is 0 Å². The van der Waals surface area contributed by atoms with E-state index < -0.39 is 23.6 Å². The second-order valence-corrected chi connectivity index (χ2v) is 9.91. The molecule has 1 aromatic heterocycles. The van der Waals surface area contributed by atoms with E-state index in [0.29, 0.717) is 33.2 Å². The van der Waals surface area contributed by atoms with Crippen LogP contribution in [-0.2, 0) is 33.4 Å². The van der Waals surface area contributed by atoms with Gasteiger partial charge in [0.25, 0.3) is 0 Å². The lowest BCUT2D eigenvalue weighted by atomic mass is 10.1. The molecule has 43 heavy (non-hydrogen) atoms. The molecule has 1 aliphatic carbocycles. The van der Waals surface area contributed by atoms with Crippen LogP contribution in [-0.4, -0.2) is 68.1 Å². The molecule has 4 rings (SSSR count). The third-order valence-electron chi connectivity index (χ3n) is 5.99. The van der Waals surface area contributed by atoms with E-state index >= 15 is 0 Å².